The van der Waals surface area contributed by atoms with Gasteiger partial charge in [0.15, 0.2) is 5.82 Å². The first-order valence-electron chi connectivity index (χ1n) is 7.60. The molecule has 2 rings (SSSR count). The van der Waals surface area contributed by atoms with Crippen LogP contribution in [0.1, 0.15) is 47.4 Å². The van der Waals surface area contributed by atoms with E-state index in [1.807, 2.05) is 20.8 Å². The monoisotopic (exact) mass is 334 g/mol. The Morgan fingerprint density at radius 1 is 1.21 bits per heavy atom. The number of ether oxygens (including phenoxy) is 1. The van der Waals surface area contributed by atoms with Crippen molar-refractivity contribution >= 4 is 5.97 Å². The standard InChI is InChI=1S/C16H22N4O4/c1-15(2,3)14-17-13(24-19-14)10-7-8-11(21)20(18-10)9-12(22)23-16(4,5)6/h7-8H,9H2,1-6H3. The molecule has 0 aliphatic rings. The summed E-state index contributed by atoms with van der Waals surface area (Å²) in [5.74, 6) is 0.178. The Bertz CT molecular complexity index is 793. The molecule has 0 bridgehead atoms. The summed E-state index contributed by atoms with van der Waals surface area (Å²) in [4.78, 5) is 28.1. The molecule has 2 aromatic heterocycles. The minimum atomic E-state index is -0.633. The molecule has 0 radical (unpaired) electrons. The molecule has 0 aliphatic carbocycles. The minimum absolute atomic E-state index is 0.192. The summed E-state index contributed by atoms with van der Waals surface area (Å²) in [5, 5.41) is 8.04. The van der Waals surface area contributed by atoms with Gasteiger partial charge in [-0.25, -0.2) is 4.68 Å². The fourth-order valence-electron chi connectivity index (χ4n) is 1.80. The topological polar surface area (TPSA) is 100 Å². The van der Waals surface area contributed by atoms with Crippen molar-refractivity contribution in [2.45, 2.75) is 59.1 Å². The van der Waals surface area contributed by atoms with Gasteiger partial charge in [-0.3, -0.25) is 9.59 Å². The molecule has 0 N–H and O–H groups in total. The molecule has 0 fully saturated rings. The molecule has 8 heteroatoms. The van der Waals surface area contributed by atoms with Crippen LogP contribution in [0.3, 0.4) is 0 Å². The summed E-state index contributed by atoms with van der Waals surface area (Å²) >= 11 is 0. The van der Waals surface area contributed by atoms with Crippen molar-refractivity contribution in [2.75, 3.05) is 0 Å². The van der Waals surface area contributed by atoms with Gasteiger partial charge in [0.05, 0.1) is 0 Å². The number of rotatable bonds is 3. The lowest BCUT2D eigenvalue weighted by atomic mass is 9.96. The molecule has 0 aromatic carbocycles. The first-order chi connectivity index (χ1) is 11.0. The van der Waals surface area contributed by atoms with E-state index in [-0.39, 0.29) is 17.9 Å². The molecule has 0 saturated carbocycles. The van der Waals surface area contributed by atoms with Crippen LogP contribution >= 0.6 is 0 Å². The van der Waals surface area contributed by atoms with Crippen LogP contribution in [0.4, 0.5) is 0 Å². The van der Waals surface area contributed by atoms with Gasteiger partial charge in [0.25, 0.3) is 11.4 Å². The number of carbonyl (C=O) groups excluding carboxylic acids is 1. The molecular weight excluding hydrogens is 312 g/mol. The van der Waals surface area contributed by atoms with Crippen molar-refractivity contribution in [3.63, 3.8) is 0 Å². The Morgan fingerprint density at radius 3 is 2.42 bits per heavy atom. The first-order valence-corrected chi connectivity index (χ1v) is 7.60. The highest BCUT2D eigenvalue weighted by atomic mass is 16.6. The second-order valence-corrected chi connectivity index (χ2v) is 7.47. The van der Waals surface area contributed by atoms with Crippen molar-refractivity contribution in [1.29, 1.82) is 0 Å². The molecule has 0 aliphatic heterocycles. The molecule has 0 saturated heterocycles. The highest BCUT2D eigenvalue weighted by Gasteiger charge is 2.23. The second kappa shape index (κ2) is 6.18. The van der Waals surface area contributed by atoms with Crippen molar-refractivity contribution in [2.24, 2.45) is 0 Å². The van der Waals surface area contributed by atoms with Crippen LogP contribution in [0.25, 0.3) is 11.6 Å². The Hall–Kier alpha value is -2.51. The lowest BCUT2D eigenvalue weighted by Crippen LogP contribution is -2.31. The summed E-state index contributed by atoms with van der Waals surface area (Å²) in [6, 6.07) is 2.78. The van der Waals surface area contributed by atoms with Gasteiger partial charge in [-0.15, -0.1) is 0 Å². The van der Waals surface area contributed by atoms with Crippen molar-refractivity contribution < 1.29 is 14.1 Å². The number of carbonyl (C=O) groups is 1. The zero-order valence-corrected chi connectivity index (χ0v) is 14.8. The summed E-state index contributed by atoms with van der Waals surface area (Å²) in [5.41, 5.74) is -1.000. The maximum Gasteiger partial charge on any atom is 0.328 e. The second-order valence-electron chi connectivity index (χ2n) is 7.47. The molecule has 8 nitrogen and oxygen atoms in total. The highest BCUT2D eigenvalue weighted by Crippen LogP contribution is 2.21. The summed E-state index contributed by atoms with van der Waals surface area (Å²) in [6.45, 7) is 10.8. The van der Waals surface area contributed by atoms with Gasteiger partial charge in [0, 0.05) is 11.5 Å². The first kappa shape index (κ1) is 17.8. The Morgan fingerprint density at radius 2 is 1.88 bits per heavy atom. The SMILES string of the molecule is CC(C)(C)OC(=O)Cn1nc(-c2nc(C(C)(C)C)no2)ccc1=O. The summed E-state index contributed by atoms with van der Waals surface area (Å²) in [7, 11) is 0. The average Bonchev–Trinajstić information content (AvgIpc) is 2.88. The van der Waals surface area contributed by atoms with Crippen molar-refractivity contribution in [3.05, 3.63) is 28.3 Å². The van der Waals surface area contributed by atoms with E-state index in [1.54, 1.807) is 20.8 Å². The smallest absolute Gasteiger partial charge is 0.328 e. The molecule has 0 unspecified atom stereocenters. The molecule has 0 atom stereocenters. The van der Waals surface area contributed by atoms with Gasteiger partial charge in [0.2, 0.25) is 0 Å². The van der Waals surface area contributed by atoms with E-state index < -0.39 is 17.1 Å². The lowest BCUT2D eigenvalue weighted by Gasteiger charge is -2.19. The summed E-state index contributed by atoms with van der Waals surface area (Å²) in [6.07, 6.45) is 0. The summed E-state index contributed by atoms with van der Waals surface area (Å²) < 4.78 is 11.4. The van der Waals surface area contributed by atoms with E-state index in [2.05, 4.69) is 15.2 Å². The lowest BCUT2D eigenvalue weighted by molar-refractivity contribution is -0.155. The average molecular weight is 334 g/mol. The number of esters is 1. The molecular formula is C16H22N4O4. The van der Waals surface area contributed by atoms with Crippen molar-refractivity contribution in [1.82, 2.24) is 19.9 Å². The van der Waals surface area contributed by atoms with Crippen LogP contribution in [0.15, 0.2) is 21.5 Å². The molecule has 0 spiro atoms. The van der Waals surface area contributed by atoms with Gasteiger partial charge in [-0.05, 0) is 26.8 Å². The number of hydrogen-bond acceptors (Lipinski definition) is 7. The van der Waals surface area contributed by atoms with E-state index in [0.29, 0.717) is 11.5 Å². The van der Waals surface area contributed by atoms with Crippen LogP contribution in [-0.4, -0.2) is 31.5 Å². The third kappa shape index (κ3) is 4.50. The van der Waals surface area contributed by atoms with Crippen LogP contribution < -0.4 is 5.56 Å². The van der Waals surface area contributed by atoms with Crippen LogP contribution in [-0.2, 0) is 21.5 Å². The van der Waals surface area contributed by atoms with Crippen LogP contribution in [0.5, 0.6) is 0 Å². The van der Waals surface area contributed by atoms with Gasteiger partial charge in [0.1, 0.15) is 17.8 Å². The highest BCUT2D eigenvalue weighted by molar-refractivity contribution is 5.69. The van der Waals surface area contributed by atoms with Gasteiger partial charge < -0.3 is 9.26 Å². The zero-order valence-electron chi connectivity index (χ0n) is 14.8. The quantitative estimate of drug-likeness (QED) is 0.791. The zero-order chi connectivity index (χ0) is 18.1. The number of aromatic nitrogens is 4. The fraction of sp³-hybridized carbons (Fsp3) is 0.562. The molecule has 2 heterocycles. The molecule has 130 valence electrons. The van der Waals surface area contributed by atoms with E-state index in [4.69, 9.17) is 9.26 Å². The van der Waals surface area contributed by atoms with Gasteiger partial charge in [-0.2, -0.15) is 10.1 Å². The Kier molecular flexibility index (Phi) is 4.59. The maximum atomic E-state index is 11.9. The largest absolute Gasteiger partial charge is 0.459 e. The van der Waals surface area contributed by atoms with Crippen molar-refractivity contribution in [3.8, 4) is 11.6 Å². The van der Waals surface area contributed by atoms with Gasteiger partial charge >= 0.3 is 5.97 Å². The van der Waals surface area contributed by atoms with Crippen LogP contribution in [0.2, 0.25) is 0 Å². The van der Waals surface area contributed by atoms with Gasteiger partial charge in [-0.1, -0.05) is 25.9 Å². The Labute approximate surface area is 139 Å². The molecule has 0 amide bonds. The maximum absolute atomic E-state index is 11.9. The third-order valence-corrected chi connectivity index (χ3v) is 2.88. The fourth-order valence-corrected chi connectivity index (χ4v) is 1.80. The van der Waals surface area contributed by atoms with Crippen LogP contribution in [0, 0.1) is 0 Å². The van der Waals surface area contributed by atoms with E-state index in [9.17, 15) is 9.59 Å². The number of nitrogens with zero attached hydrogens (tertiary/aromatic N) is 4. The minimum Gasteiger partial charge on any atom is -0.459 e. The molecule has 24 heavy (non-hydrogen) atoms. The Balaban J connectivity index is 2.27. The molecule has 2 aromatic rings. The predicted octanol–water partition coefficient (Wildman–Crippen LogP) is 1.93. The third-order valence-electron chi connectivity index (χ3n) is 2.88. The van der Waals surface area contributed by atoms with E-state index >= 15 is 0 Å². The number of hydrogen-bond donors (Lipinski definition) is 0. The predicted molar refractivity (Wildman–Crippen MR) is 86.3 cm³/mol. The normalized spacial score (nSPS) is 12.2. The van der Waals surface area contributed by atoms with E-state index in [1.165, 1.54) is 12.1 Å². The van der Waals surface area contributed by atoms with E-state index in [0.717, 1.165) is 4.68 Å².